The van der Waals surface area contributed by atoms with E-state index in [-0.39, 0.29) is 24.0 Å². The van der Waals surface area contributed by atoms with Crippen LogP contribution in [0.15, 0.2) is 72.9 Å². The van der Waals surface area contributed by atoms with Crippen molar-refractivity contribution < 1.29 is 23.9 Å². The van der Waals surface area contributed by atoms with Crippen molar-refractivity contribution in [2.45, 2.75) is 96.4 Å². The normalized spacial score (nSPS) is 18.4. The number of fused-ring (bicyclic) bond motifs is 2. The average molecular weight is 764 g/mol. The van der Waals surface area contributed by atoms with Gasteiger partial charge in [0.15, 0.2) is 11.5 Å². The van der Waals surface area contributed by atoms with E-state index in [2.05, 4.69) is 32.7 Å². The second-order valence-corrected chi connectivity index (χ2v) is 15.7. The molecule has 56 heavy (non-hydrogen) atoms. The van der Waals surface area contributed by atoms with Gasteiger partial charge in [-0.1, -0.05) is 57.2 Å². The molecule has 2 N–H and O–H groups in total. The molecule has 2 aromatic carbocycles. The largest absolute Gasteiger partial charge is 0.484 e. The first-order chi connectivity index (χ1) is 27.1. The van der Waals surface area contributed by atoms with Crippen molar-refractivity contribution >= 4 is 29.9 Å². The maximum atomic E-state index is 14.2. The fraction of sp³-hybridized carbons (Fsp3) is 0.452. The van der Waals surface area contributed by atoms with Crippen LogP contribution in [-0.2, 0) is 26.3 Å². The minimum absolute atomic E-state index is 0.245. The number of hydrogen-bond acceptors (Lipinski definition) is 10. The van der Waals surface area contributed by atoms with Crippen LogP contribution in [0.1, 0.15) is 101 Å². The van der Waals surface area contributed by atoms with Crippen LogP contribution < -0.4 is 25.3 Å². The molecule has 1 saturated heterocycles. The maximum Gasteiger partial charge on any atom is 0.357 e. The van der Waals surface area contributed by atoms with Gasteiger partial charge in [0.1, 0.15) is 11.9 Å². The number of ether oxygens (including phenoxy) is 2. The van der Waals surface area contributed by atoms with Gasteiger partial charge in [-0.3, -0.25) is 9.20 Å². The summed E-state index contributed by atoms with van der Waals surface area (Å²) in [5.41, 5.74) is 4.83. The number of carbonyl (C=O) groups is 2. The van der Waals surface area contributed by atoms with Gasteiger partial charge in [-0.15, -0.1) is 15.3 Å². The Morgan fingerprint density at radius 1 is 1.00 bits per heavy atom. The lowest BCUT2D eigenvalue weighted by Gasteiger charge is -2.34. The molecular weight excluding hydrogens is 711 g/mol. The highest BCUT2D eigenvalue weighted by atomic mass is 16.7. The number of anilines is 2. The van der Waals surface area contributed by atoms with Crippen molar-refractivity contribution in [2.24, 2.45) is 0 Å². The van der Waals surface area contributed by atoms with Gasteiger partial charge in [0.25, 0.3) is 0 Å². The molecule has 2 aliphatic rings. The number of methoxy groups -OCH3 is 1. The highest BCUT2D eigenvalue weighted by Gasteiger charge is 2.34. The van der Waals surface area contributed by atoms with E-state index in [0.29, 0.717) is 43.6 Å². The number of benzene rings is 2. The van der Waals surface area contributed by atoms with Crippen molar-refractivity contribution in [1.29, 1.82) is 0 Å². The summed E-state index contributed by atoms with van der Waals surface area (Å²) in [6.45, 7) is 11.7. The highest BCUT2D eigenvalue weighted by Crippen LogP contribution is 2.39. The van der Waals surface area contributed by atoms with Crippen molar-refractivity contribution in [1.82, 2.24) is 35.0 Å². The third kappa shape index (κ3) is 8.51. The second-order valence-electron chi connectivity index (χ2n) is 15.7. The molecule has 1 aliphatic carbocycles. The molecule has 4 heterocycles. The van der Waals surface area contributed by atoms with Gasteiger partial charge in [0.2, 0.25) is 5.95 Å². The number of carbonyl (C=O) groups excluding carboxylic acids is 2. The van der Waals surface area contributed by atoms with E-state index >= 15 is 0 Å². The summed E-state index contributed by atoms with van der Waals surface area (Å²) < 4.78 is 15.5. The van der Waals surface area contributed by atoms with E-state index in [4.69, 9.17) is 19.4 Å². The summed E-state index contributed by atoms with van der Waals surface area (Å²) in [7, 11) is 1.70. The van der Waals surface area contributed by atoms with Crippen molar-refractivity contribution in [3.8, 4) is 11.4 Å². The molecule has 1 aliphatic heterocycles. The molecule has 7 rings (SSSR count). The summed E-state index contributed by atoms with van der Waals surface area (Å²) in [5, 5.41) is 21.5. The Kier molecular flexibility index (Phi) is 11.9. The first kappa shape index (κ1) is 38.8. The molecule has 14 heteroatoms. The molecule has 3 aromatic heterocycles. The van der Waals surface area contributed by atoms with Crippen LogP contribution in [0.4, 0.5) is 16.6 Å². The number of nitrogens with one attached hydrogen (secondary N) is 2. The molecule has 3 atom stereocenters. The van der Waals surface area contributed by atoms with E-state index in [1.54, 1.807) is 17.9 Å². The molecular formula is C42H53N9O5. The number of aromatic nitrogens is 5. The third-order valence-corrected chi connectivity index (χ3v) is 10.6. The van der Waals surface area contributed by atoms with Crippen LogP contribution in [0.2, 0.25) is 0 Å². The monoisotopic (exact) mass is 763 g/mol. The predicted octanol–water partition coefficient (Wildman–Crippen LogP) is 6.98. The van der Waals surface area contributed by atoms with Crippen LogP contribution in [0, 0.1) is 0 Å². The zero-order valence-corrected chi connectivity index (χ0v) is 33.0. The number of urea groups is 1. The van der Waals surface area contributed by atoms with E-state index in [9.17, 15) is 9.59 Å². The molecule has 0 bridgehead atoms. The average Bonchev–Trinajstić information content (AvgIpc) is 3.83. The molecule has 296 valence electrons. The topological polar surface area (TPSA) is 140 Å². The summed E-state index contributed by atoms with van der Waals surface area (Å²) in [6, 6.07) is 21.0. The third-order valence-electron chi connectivity index (χ3n) is 10.6. The minimum Gasteiger partial charge on any atom is -0.484 e. The van der Waals surface area contributed by atoms with Gasteiger partial charge in [0, 0.05) is 44.3 Å². The molecule has 14 nitrogen and oxygen atoms in total. The lowest BCUT2D eigenvalue weighted by Crippen LogP contribution is -2.43. The van der Waals surface area contributed by atoms with Gasteiger partial charge in [-0.2, -0.15) is 5.10 Å². The molecule has 0 unspecified atom stereocenters. The number of pyridine rings is 1. The van der Waals surface area contributed by atoms with Gasteiger partial charge in [-0.25, -0.2) is 9.48 Å². The van der Waals surface area contributed by atoms with Crippen LogP contribution in [-0.4, -0.2) is 69.7 Å². The van der Waals surface area contributed by atoms with E-state index in [1.807, 2.05) is 92.0 Å². The van der Waals surface area contributed by atoms with Gasteiger partial charge >= 0.3 is 12.5 Å². The van der Waals surface area contributed by atoms with E-state index < -0.39 is 6.03 Å². The Morgan fingerprint density at radius 2 is 1.84 bits per heavy atom. The van der Waals surface area contributed by atoms with Gasteiger partial charge < -0.3 is 29.8 Å². The Labute approximate surface area is 328 Å². The first-order valence-electron chi connectivity index (χ1n) is 19.6. The molecule has 5 aromatic rings. The number of rotatable bonds is 14. The van der Waals surface area contributed by atoms with E-state index in [0.717, 1.165) is 77.1 Å². The highest BCUT2D eigenvalue weighted by molar-refractivity contribution is 5.90. The zero-order valence-electron chi connectivity index (χ0n) is 33.0. The minimum atomic E-state index is -0.591. The lowest BCUT2D eigenvalue weighted by atomic mass is 9.85. The number of hydrogen-bond donors (Lipinski definition) is 2. The fourth-order valence-corrected chi connectivity index (χ4v) is 7.61. The maximum absolute atomic E-state index is 14.2. The smallest absolute Gasteiger partial charge is 0.357 e. The van der Waals surface area contributed by atoms with Crippen molar-refractivity contribution in [2.75, 3.05) is 36.8 Å². The van der Waals surface area contributed by atoms with Crippen molar-refractivity contribution in [3.63, 3.8) is 0 Å². The zero-order chi connectivity index (χ0) is 39.2. The standard InChI is InChI=1S/C42H53N9O5/c1-29-12-8-9-22-48(29)40-46-45-38-20-17-32(27-49(38)40)56-36-19-18-35(33-15-6-7-16-34(33)36)44-41(53)51(55-28-52)39-25-37(42(2,3)4)47-50(39)31-14-10-13-30(24-31)26-43-21-11-23-54-5/h6-7,10,13-17,20,24-25,27-29,35-36,43H,8-9,11-12,18-19,21-23,26H2,1-5H3,(H,44,53)/t29-,35-,36+/m0/s1. The lowest BCUT2D eigenvalue weighted by molar-refractivity contribution is -0.129. The van der Waals surface area contributed by atoms with Crippen LogP contribution in [0.25, 0.3) is 11.3 Å². The summed E-state index contributed by atoms with van der Waals surface area (Å²) >= 11 is 0. The van der Waals surface area contributed by atoms with Crippen molar-refractivity contribution in [3.05, 3.63) is 95.3 Å². The van der Waals surface area contributed by atoms with Crippen LogP contribution in [0.3, 0.4) is 0 Å². The number of nitrogens with zero attached hydrogens (tertiary/aromatic N) is 7. The number of piperidine rings is 1. The Morgan fingerprint density at radius 3 is 2.62 bits per heavy atom. The number of hydroxylamine groups is 1. The second kappa shape index (κ2) is 17.1. The van der Waals surface area contributed by atoms with Gasteiger partial charge in [-0.05, 0) is 92.9 Å². The predicted molar refractivity (Wildman–Crippen MR) is 214 cm³/mol. The van der Waals surface area contributed by atoms with Gasteiger partial charge in [0.05, 0.1) is 23.6 Å². The molecule has 1 fully saturated rings. The molecule has 2 amide bonds. The Hall–Kier alpha value is -5.47. The molecule has 0 radical (unpaired) electrons. The Bertz CT molecular complexity index is 2120. The Balaban J connectivity index is 1.11. The summed E-state index contributed by atoms with van der Waals surface area (Å²) in [4.78, 5) is 34.0. The van der Waals surface area contributed by atoms with Crippen LogP contribution in [0.5, 0.6) is 5.75 Å². The van der Waals surface area contributed by atoms with Crippen LogP contribution >= 0.6 is 0 Å². The summed E-state index contributed by atoms with van der Waals surface area (Å²) in [5.74, 6) is 1.85. The molecule has 0 spiro atoms. The quantitative estimate of drug-likeness (QED) is 0.0692. The number of amides is 2. The fourth-order valence-electron chi connectivity index (χ4n) is 7.61. The molecule has 0 saturated carbocycles. The summed E-state index contributed by atoms with van der Waals surface area (Å²) in [6.07, 6.45) is 7.36. The SMILES string of the molecule is COCCCNCc1cccc(-n2nc(C(C)(C)C)cc2N(OC=O)C(=O)N[C@H]2CC[C@@H](Oc3ccc4nnc(N5CCCC[C@@H]5C)n4c3)c3ccccc32)c1. The first-order valence-corrected chi connectivity index (χ1v) is 19.6. The van der Waals surface area contributed by atoms with E-state index in [1.165, 1.54) is 6.42 Å².